The van der Waals surface area contributed by atoms with E-state index in [9.17, 15) is 4.79 Å². The number of methoxy groups -OCH3 is 1. The van der Waals surface area contributed by atoms with E-state index in [0.717, 1.165) is 34.6 Å². The average Bonchev–Trinajstić information content (AvgIpc) is 3.23. The van der Waals surface area contributed by atoms with Crippen molar-refractivity contribution >= 4 is 17.5 Å². The normalized spacial score (nSPS) is 11.1. The van der Waals surface area contributed by atoms with Crippen LogP contribution in [0, 0.1) is 20.8 Å². The molecule has 2 heterocycles. The highest BCUT2D eigenvalue weighted by atomic mass is 32.2. The molecule has 0 atom stereocenters. The highest BCUT2D eigenvalue weighted by Crippen LogP contribution is 2.25. The quantitative estimate of drug-likeness (QED) is 0.430. The maximum absolute atomic E-state index is 12.6. The van der Waals surface area contributed by atoms with E-state index in [1.807, 2.05) is 51.1 Å². The molecule has 1 aromatic carbocycles. The van der Waals surface area contributed by atoms with Crippen LogP contribution in [0.3, 0.4) is 0 Å². The third-order valence-corrected chi connectivity index (χ3v) is 5.21. The number of rotatable bonds is 8. The lowest BCUT2D eigenvalue weighted by Crippen LogP contribution is -2.09. The highest BCUT2D eigenvalue weighted by Gasteiger charge is 2.17. The minimum atomic E-state index is 0.0482. The van der Waals surface area contributed by atoms with Gasteiger partial charge in [0.15, 0.2) is 5.78 Å². The van der Waals surface area contributed by atoms with Gasteiger partial charge >= 0.3 is 0 Å². The number of hydrogen-bond acceptors (Lipinski definition) is 6. The van der Waals surface area contributed by atoms with Gasteiger partial charge in [0.05, 0.1) is 12.4 Å². The SMILES string of the molecule is COCCn1c(C)cc(C(=O)CSc2nnc(-c3cccc(C)c3)o2)c1C. The first-order valence-electron chi connectivity index (χ1n) is 8.72. The zero-order valence-electron chi connectivity index (χ0n) is 16.0. The molecule has 142 valence electrons. The molecule has 3 aromatic rings. The van der Waals surface area contributed by atoms with Crippen molar-refractivity contribution in [2.45, 2.75) is 32.5 Å². The number of carbonyl (C=O) groups excluding carboxylic acids is 1. The molecule has 0 aliphatic carbocycles. The number of ketones is 1. The number of benzene rings is 1. The largest absolute Gasteiger partial charge is 0.411 e. The molecular formula is C20H23N3O3S. The monoisotopic (exact) mass is 385 g/mol. The van der Waals surface area contributed by atoms with Gasteiger partial charge in [0.1, 0.15) is 0 Å². The number of carbonyl (C=O) groups is 1. The predicted octanol–water partition coefficient (Wildman–Crippen LogP) is 4.08. The van der Waals surface area contributed by atoms with Gasteiger partial charge in [-0.15, -0.1) is 10.2 Å². The summed E-state index contributed by atoms with van der Waals surface area (Å²) in [5.74, 6) is 0.766. The molecule has 0 radical (unpaired) electrons. The maximum atomic E-state index is 12.6. The Morgan fingerprint density at radius 3 is 2.78 bits per heavy atom. The summed E-state index contributed by atoms with van der Waals surface area (Å²) >= 11 is 1.26. The summed E-state index contributed by atoms with van der Waals surface area (Å²) in [5, 5.41) is 8.52. The Balaban J connectivity index is 1.66. The van der Waals surface area contributed by atoms with Crippen molar-refractivity contribution in [3.8, 4) is 11.5 Å². The summed E-state index contributed by atoms with van der Waals surface area (Å²) in [6, 6.07) is 9.80. The van der Waals surface area contributed by atoms with E-state index >= 15 is 0 Å². The first kappa shape index (κ1) is 19.4. The standard InChI is InChI=1S/C20H23N3O3S/c1-13-6-5-7-16(10-13)19-21-22-20(26-19)27-12-18(24)17-11-14(2)23(15(17)3)8-9-25-4/h5-7,10-11H,8-9,12H2,1-4H3. The summed E-state index contributed by atoms with van der Waals surface area (Å²) < 4.78 is 12.9. The van der Waals surface area contributed by atoms with Crippen molar-refractivity contribution in [3.05, 3.63) is 52.8 Å². The van der Waals surface area contributed by atoms with Crippen LogP contribution >= 0.6 is 11.8 Å². The van der Waals surface area contributed by atoms with Crippen LogP contribution < -0.4 is 0 Å². The second kappa shape index (κ2) is 8.54. The van der Waals surface area contributed by atoms with E-state index in [4.69, 9.17) is 9.15 Å². The van der Waals surface area contributed by atoms with Crippen LogP contribution in [0.1, 0.15) is 27.3 Å². The summed E-state index contributed by atoms with van der Waals surface area (Å²) in [6.07, 6.45) is 0. The molecule has 0 amide bonds. The van der Waals surface area contributed by atoms with Crippen LogP contribution in [0.15, 0.2) is 40.0 Å². The molecular weight excluding hydrogens is 362 g/mol. The molecule has 2 aromatic heterocycles. The van der Waals surface area contributed by atoms with Crippen LogP contribution in [0.4, 0.5) is 0 Å². The predicted molar refractivity (Wildman–Crippen MR) is 105 cm³/mol. The average molecular weight is 385 g/mol. The maximum Gasteiger partial charge on any atom is 0.277 e. The molecule has 3 rings (SSSR count). The molecule has 0 aliphatic rings. The Labute approximate surface area is 162 Å². The van der Waals surface area contributed by atoms with Gasteiger partial charge in [-0.3, -0.25) is 4.79 Å². The fraction of sp³-hybridized carbons (Fsp3) is 0.350. The van der Waals surface area contributed by atoms with E-state index in [1.54, 1.807) is 7.11 Å². The summed E-state index contributed by atoms with van der Waals surface area (Å²) in [5.41, 5.74) is 4.74. The van der Waals surface area contributed by atoms with Gasteiger partial charge < -0.3 is 13.7 Å². The number of thioether (sulfide) groups is 1. The fourth-order valence-electron chi connectivity index (χ4n) is 2.98. The van der Waals surface area contributed by atoms with Crippen LogP contribution in [-0.4, -0.2) is 40.0 Å². The van der Waals surface area contributed by atoms with Crippen LogP contribution in [0.5, 0.6) is 0 Å². The van der Waals surface area contributed by atoms with E-state index < -0.39 is 0 Å². The summed E-state index contributed by atoms with van der Waals surface area (Å²) in [4.78, 5) is 12.6. The van der Waals surface area contributed by atoms with Gasteiger partial charge in [0, 0.05) is 36.2 Å². The number of Topliss-reactive ketones (excluding diaryl/α,β-unsaturated/α-hetero) is 1. The summed E-state index contributed by atoms with van der Waals surface area (Å²) in [6.45, 7) is 7.32. The lowest BCUT2D eigenvalue weighted by atomic mass is 10.1. The van der Waals surface area contributed by atoms with Crippen molar-refractivity contribution < 1.29 is 13.9 Å². The molecule has 0 unspecified atom stereocenters. The van der Waals surface area contributed by atoms with Crippen molar-refractivity contribution in [3.63, 3.8) is 0 Å². The molecule has 0 aliphatic heterocycles. The van der Waals surface area contributed by atoms with E-state index in [2.05, 4.69) is 14.8 Å². The minimum Gasteiger partial charge on any atom is -0.411 e. The molecule has 0 spiro atoms. The molecule has 0 N–H and O–H groups in total. The van der Waals surface area contributed by atoms with Crippen molar-refractivity contribution in [1.82, 2.24) is 14.8 Å². The van der Waals surface area contributed by atoms with Gasteiger partial charge in [-0.2, -0.15) is 0 Å². The number of hydrogen-bond donors (Lipinski definition) is 0. The van der Waals surface area contributed by atoms with Gasteiger partial charge in [-0.25, -0.2) is 0 Å². The zero-order chi connectivity index (χ0) is 19.4. The third kappa shape index (κ3) is 4.48. The Bertz CT molecular complexity index is 946. The first-order valence-corrected chi connectivity index (χ1v) is 9.70. The van der Waals surface area contributed by atoms with Gasteiger partial charge in [-0.05, 0) is 39.0 Å². The Hall–Kier alpha value is -2.38. The van der Waals surface area contributed by atoms with Crippen LogP contribution in [0.25, 0.3) is 11.5 Å². The van der Waals surface area contributed by atoms with Crippen LogP contribution in [-0.2, 0) is 11.3 Å². The van der Waals surface area contributed by atoms with Crippen molar-refractivity contribution in [2.24, 2.45) is 0 Å². The van der Waals surface area contributed by atoms with E-state index in [1.165, 1.54) is 11.8 Å². The Kier molecular flexibility index (Phi) is 6.13. The lowest BCUT2D eigenvalue weighted by molar-refractivity contribution is 0.102. The highest BCUT2D eigenvalue weighted by molar-refractivity contribution is 7.99. The van der Waals surface area contributed by atoms with E-state index in [-0.39, 0.29) is 11.5 Å². The molecule has 0 fully saturated rings. The topological polar surface area (TPSA) is 70.2 Å². The van der Waals surface area contributed by atoms with E-state index in [0.29, 0.717) is 17.7 Å². The Morgan fingerprint density at radius 1 is 1.22 bits per heavy atom. The second-order valence-corrected chi connectivity index (χ2v) is 7.31. The second-order valence-electron chi connectivity index (χ2n) is 6.38. The van der Waals surface area contributed by atoms with Crippen molar-refractivity contribution in [1.29, 1.82) is 0 Å². The van der Waals surface area contributed by atoms with Gasteiger partial charge in [0.25, 0.3) is 5.22 Å². The van der Waals surface area contributed by atoms with Gasteiger partial charge in [0.2, 0.25) is 5.89 Å². The number of nitrogens with zero attached hydrogens (tertiary/aromatic N) is 3. The van der Waals surface area contributed by atoms with Crippen LogP contribution in [0.2, 0.25) is 0 Å². The van der Waals surface area contributed by atoms with Crippen molar-refractivity contribution in [2.75, 3.05) is 19.5 Å². The lowest BCUT2D eigenvalue weighted by Gasteiger charge is -2.08. The summed E-state index contributed by atoms with van der Waals surface area (Å²) in [7, 11) is 1.67. The zero-order valence-corrected chi connectivity index (χ0v) is 16.8. The molecule has 27 heavy (non-hydrogen) atoms. The molecule has 6 nitrogen and oxygen atoms in total. The van der Waals surface area contributed by atoms with Gasteiger partial charge in [-0.1, -0.05) is 29.5 Å². The molecule has 7 heteroatoms. The smallest absolute Gasteiger partial charge is 0.277 e. The minimum absolute atomic E-state index is 0.0482. The first-order chi connectivity index (χ1) is 13.0. The molecule has 0 saturated heterocycles. The molecule has 0 bridgehead atoms. The number of aryl methyl sites for hydroxylation is 2. The number of aromatic nitrogens is 3. The Morgan fingerprint density at radius 2 is 2.04 bits per heavy atom. The third-order valence-electron chi connectivity index (χ3n) is 4.39. The number of ether oxygens (including phenoxy) is 1. The fourth-order valence-corrected chi connectivity index (χ4v) is 3.62. The molecule has 0 saturated carbocycles.